The summed E-state index contributed by atoms with van der Waals surface area (Å²) in [5, 5.41) is 1.32. The van der Waals surface area contributed by atoms with Crippen molar-refractivity contribution in [1.82, 2.24) is 9.55 Å². The maximum atomic E-state index is 6.21. The number of hydrogen-bond acceptors (Lipinski definition) is 2. The normalized spacial score (nSPS) is 11.2. The molecule has 0 aliphatic carbocycles. The average Bonchev–Trinajstić information content (AvgIpc) is 2.72. The average molecular weight is 432 g/mol. The van der Waals surface area contributed by atoms with E-state index in [1.165, 1.54) is 0 Å². The molecular weight excluding hydrogens is 420 g/mol. The lowest BCUT2D eigenvalue weighted by atomic mass is 10.1. The van der Waals surface area contributed by atoms with Gasteiger partial charge in [0.2, 0.25) is 5.95 Å². The van der Waals surface area contributed by atoms with Gasteiger partial charge in [-0.05, 0) is 64.9 Å². The molecule has 1 heterocycles. The lowest BCUT2D eigenvalue weighted by Crippen LogP contribution is -2.06. The molecule has 0 unspecified atom stereocenters. The van der Waals surface area contributed by atoms with Crippen molar-refractivity contribution in [3.05, 3.63) is 55.6 Å². The first kappa shape index (κ1) is 14.9. The topological polar surface area (TPSA) is 43.8 Å². The van der Waals surface area contributed by atoms with Crippen molar-refractivity contribution in [3.8, 4) is 0 Å². The Hall–Kier alpha value is -0.980. The minimum Gasteiger partial charge on any atom is -0.369 e. The first-order valence-electron chi connectivity index (χ1n) is 6.40. The van der Waals surface area contributed by atoms with Gasteiger partial charge in [-0.2, -0.15) is 0 Å². The summed E-state index contributed by atoms with van der Waals surface area (Å²) in [7, 11) is 0. The maximum Gasteiger partial charge on any atom is 0.201 e. The van der Waals surface area contributed by atoms with Crippen LogP contribution in [0.5, 0.6) is 0 Å². The molecule has 0 spiro atoms. The van der Waals surface area contributed by atoms with Crippen molar-refractivity contribution in [3.63, 3.8) is 0 Å². The van der Waals surface area contributed by atoms with E-state index in [-0.39, 0.29) is 0 Å². The first-order chi connectivity index (χ1) is 10.0. The predicted octanol–water partition coefficient (Wildman–Crippen LogP) is 4.77. The molecule has 0 saturated carbocycles. The fourth-order valence-corrected chi connectivity index (χ4v) is 3.29. The lowest BCUT2D eigenvalue weighted by molar-refractivity contribution is 0.726. The molecule has 0 amide bonds. The van der Waals surface area contributed by atoms with Gasteiger partial charge in [-0.3, -0.25) is 0 Å². The van der Waals surface area contributed by atoms with Gasteiger partial charge in [-0.15, -0.1) is 0 Å². The number of halogens is 3. The number of nitrogens with zero attached hydrogens (tertiary/aromatic N) is 2. The van der Waals surface area contributed by atoms with Gasteiger partial charge < -0.3 is 10.3 Å². The number of aryl methyl sites for hydroxylation is 2. The minimum absolute atomic E-state index is 0.525. The van der Waals surface area contributed by atoms with Gasteiger partial charge in [-0.1, -0.05) is 29.3 Å². The summed E-state index contributed by atoms with van der Waals surface area (Å²) in [5.74, 6) is 0.525. The monoisotopic (exact) mass is 431 g/mol. The van der Waals surface area contributed by atoms with Crippen molar-refractivity contribution in [2.24, 2.45) is 0 Å². The third-order valence-electron chi connectivity index (χ3n) is 3.36. The Morgan fingerprint density at radius 2 is 1.95 bits per heavy atom. The van der Waals surface area contributed by atoms with Gasteiger partial charge in [0, 0.05) is 20.2 Å². The molecule has 2 aromatic carbocycles. The molecule has 108 valence electrons. The van der Waals surface area contributed by atoms with E-state index in [1.807, 2.05) is 28.8 Å². The van der Waals surface area contributed by atoms with Crippen LogP contribution in [0.25, 0.3) is 11.0 Å². The molecule has 21 heavy (non-hydrogen) atoms. The molecular formula is C15H12Cl2IN3. The predicted molar refractivity (Wildman–Crippen MR) is 97.0 cm³/mol. The summed E-state index contributed by atoms with van der Waals surface area (Å²) >= 11 is 14.4. The summed E-state index contributed by atoms with van der Waals surface area (Å²) in [5.41, 5.74) is 9.03. The molecule has 2 N–H and O–H groups in total. The van der Waals surface area contributed by atoms with Gasteiger partial charge in [0.15, 0.2) is 0 Å². The Labute approximate surface area is 146 Å². The minimum atomic E-state index is 0.525. The van der Waals surface area contributed by atoms with Crippen LogP contribution in [0.1, 0.15) is 5.56 Å². The first-order valence-corrected chi connectivity index (χ1v) is 8.23. The Bertz CT molecular complexity index is 814. The molecule has 0 bridgehead atoms. The smallest absolute Gasteiger partial charge is 0.201 e. The van der Waals surface area contributed by atoms with Crippen LogP contribution in [0.2, 0.25) is 10.0 Å². The summed E-state index contributed by atoms with van der Waals surface area (Å²) in [6, 6.07) is 11.7. The van der Waals surface area contributed by atoms with E-state index >= 15 is 0 Å². The second-order valence-electron chi connectivity index (χ2n) is 4.74. The number of nitrogens with two attached hydrogens (primary N) is 1. The van der Waals surface area contributed by atoms with E-state index in [0.717, 1.165) is 33.1 Å². The van der Waals surface area contributed by atoms with E-state index in [1.54, 1.807) is 6.07 Å². The number of aromatic nitrogens is 2. The van der Waals surface area contributed by atoms with Crippen LogP contribution in [0.3, 0.4) is 0 Å². The highest BCUT2D eigenvalue weighted by Crippen LogP contribution is 2.24. The number of anilines is 1. The number of nitrogen functional groups attached to an aromatic ring is 1. The van der Waals surface area contributed by atoms with E-state index in [0.29, 0.717) is 16.0 Å². The molecule has 0 saturated heterocycles. The Morgan fingerprint density at radius 1 is 1.14 bits per heavy atom. The van der Waals surface area contributed by atoms with Crippen LogP contribution in [0, 0.1) is 3.57 Å². The zero-order valence-electron chi connectivity index (χ0n) is 11.0. The van der Waals surface area contributed by atoms with E-state index in [4.69, 9.17) is 28.9 Å². The largest absolute Gasteiger partial charge is 0.369 e. The van der Waals surface area contributed by atoms with Crippen LogP contribution >= 0.6 is 45.8 Å². The molecule has 0 atom stereocenters. The Kier molecular flexibility index (Phi) is 4.28. The van der Waals surface area contributed by atoms with Gasteiger partial charge in [0.05, 0.1) is 11.0 Å². The molecule has 3 rings (SSSR count). The van der Waals surface area contributed by atoms with E-state index in [2.05, 4.69) is 33.6 Å². The summed E-state index contributed by atoms with van der Waals surface area (Å²) in [6.07, 6.45) is 0.775. The van der Waals surface area contributed by atoms with Gasteiger partial charge in [0.1, 0.15) is 0 Å². The Balaban J connectivity index is 1.90. The molecule has 0 fully saturated rings. The second-order valence-corrected chi connectivity index (χ2v) is 6.83. The molecule has 3 aromatic rings. The molecule has 0 aliphatic heterocycles. The van der Waals surface area contributed by atoms with Gasteiger partial charge in [-0.25, -0.2) is 4.98 Å². The fourth-order valence-electron chi connectivity index (χ4n) is 2.31. The third-order valence-corrected chi connectivity index (χ3v) is 4.62. The molecule has 6 heteroatoms. The Morgan fingerprint density at radius 3 is 2.71 bits per heavy atom. The van der Waals surface area contributed by atoms with E-state index < -0.39 is 0 Å². The van der Waals surface area contributed by atoms with Crippen LogP contribution in [0.4, 0.5) is 5.95 Å². The van der Waals surface area contributed by atoms with Crippen molar-refractivity contribution in [2.45, 2.75) is 13.0 Å². The standard InChI is InChI=1S/C15H12Cl2IN3/c16-10-2-1-9(12(17)7-10)5-6-21-14-4-3-11(18)8-13(14)20-15(21)19/h1-4,7-8H,5-6H2,(H2,19,20). The molecule has 3 nitrogen and oxygen atoms in total. The van der Waals surface area contributed by atoms with Crippen molar-refractivity contribution >= 4 is 62.8 Å². The summed E-state index contributed by atoms with van der Waals surface area (Å²) in [4.78, 5) is 4.40. The fraction of sp³-hybridized carbons (Fsp3) is 0.133. The SMILES string of the molecule is Nc1nc2cc(I)ccc2n1CCc1ccc(Cl)cc1Cl. The van der Waals surface area contributed by atoms with Crippen molar-refractivity contribution < 1.29 is 0 Å². The van der Waals surface area contributed by atoms with Gasteiger partial charge in [0.25, 0.3) is 0 Å². The van der Waals surface area contributed by atoms with E-state index in [9.17, 15) is 0 Å². The number of hydrogen-bond donors (Lipinski definition) is 1. The number of benzene rings is 2. The number of fused-ring (bicyclic) bond motifs is 1. The summed E-state index contributed by atoms with van der Waals surface area (Å²) < 4.78 is 3.15. The number of imidazole rings is 1. The zero-order chi connectivity index (χ0) is 15.0. The van der Waals surface area contributed by atoms with Gasteiger partial charge >= 0.3 is 0 Å². The van der Waals surface area contributed by atoms with Crippen molar-refractivity contribution in [2.75, 3.05) is 5.73 Å². The highest BCUT2D eigenvalue weighted by atomic mass is 127. The lowest BCUT2D eigenvalue weighted by Gasteiger charge is -2.08. The number of rotatable bonds is 3. The highest BCUT2D eigenvalue weighted by molar-refractivity contribution is 14.1. The zero-order valence-corrected chi connectivity index (χ0v) is 14.7. The van der Waals surface area contributed by atoms with Crippen LogP contribution in [-0.4, -0.2) is 9.55 Å². The van der Waals surface area contributed by atoms with Crippen LogP contribution < -0.4 is 5.73 Å². The third kappa shape index (κ3) is 3.12. The van der Waals surface area contributed by atoms with Crippen LogP contribution in [0.15, 0.2) is 36.4 Å². The molecule has 0 radical (unpaired) electrons. The maximum absolute atomic E-state index is 6.21. The van der Waals surface area contributed by atoms with Crippen LogP contribution in [-0.2, 0) is 13.0 Å². The quantitative estimate of drug-likeness (QED) is 0.607. The molecule has 0 aliphatic rings. The summed E-state index contributed by atoms with van der Waals surface area (Å²) in [6.45, 7) is 0.726. The highest BCUT2D eigenvalue weighted by Gasteiger charge is 2.09. The molecule has 1 aromatic heterocycles. The van der Waals surface area contributed by atoms with Crippen molar-refractivity contribution in [1.29, 1.82) is 0 Å². The second kappa shape index (κ2) is 6.02.